The van der Waals surface area contributed by atoms with Gasteiger partial charge in [-0.3, -0.25) is 9.59 Å². The fourth-order valence-electron chi connectivity index (χ4n) is 2.20. The van der Waals surface area contributed by atoms with Crippen molar-refractivity contribution in [3.63, 3.8) is 0 Å². The Bertz CT molecular complexity index is 964. The van der Waals surface area contributed by atoms with Crippen molar-refractivity contribution in [2.75, 3.05) is 6.26 Å². The lowest BCUT2D eigenvalue weighted by atomic mass is 10.1. The van der Waals surface area contributed by atoms with Gasteiger partial charge in [-0.2, -0.15) is 10.2 Å². The van der Waals surface area contributed by atoms with E-state index in [0.29, 0.717) is 10.8 Å². The first-order valence-electron chi connectivity index (χ1n) is 7.14. The molecule has 0 saturated heterocycles. The molecule has 0 aliphatic rings. The van der Waals surface area contributed by atoms with Crippen LogP contribution in [0.25, 0.3) is 10.8 Å². The maximum atomic E-state index is 12.2. The van der Waals surface area contributed by atoms with Crippen LogP contribution in [0.4, 0.5) is 0 Å². The number of hydrazone groups is 1. The van der Waals surface area contributed by atoms with E-state index in [9.17, 15) is 9.59 Å². The van der Waals surface area contributed by atoms with Gasteiger partial charge in [-0.1, -0.05) is 30.3 Å². The molecule has 0 spiro atoms. The number of nitrogens with one attached hydrogen (secondary N) is 2. The molecular formula is C17H14N4O2S. The third-order valence-corrected chi connectivity index (χ3v) is 4.15. The molecule has 0 radical (unpaired) electrons. The Morgan fingerprint density at radius 2 is 1.88 bits per heavy atom. The van der Waals surface area contributed by atoms with E-state index < -0.39 is 5.91 Å². The van der Waals surface area contributed by atoms with Crippen molar-refractivity contribution in [2.24, 2.45) is 5.10 Å². The van der Waals surface area contributed by atoms with Crippen LogP contribution >= 0.6 is 11.8 Å². The predicted molar refractivity (Wildman–Crippen MR) is 95.6 cm³/mol. The summed E-state index contributed by atoms with van der Waals surface area (Å²) in [5.41, 5.74) is 3.09. The standard InChI is InChI=1S/C17H14N4O2S/c1-24-12-8-6-11(7-9-12)10-18-20-17(23)15-13-4-2-3-5-14(13)16(22)21-19-15/h2-10H,1H3,(H,20,23)(H,21,22)/b18-10+. The van der Waals surface area contributed by atoms with Crippen LogP contribution in [0.2, 0.25) is 0 Å². The summed E-state index contributed by atoms with van der Waals surface area (Å²) >= 11 is 1.65. The molecule has 3 rings (SSSR count). The van der Waals surface area contributed by atoms with Gasteiger partial charge in [0.1, 0.15) is 0 Å². The molecule has 1 amide bonds. The summed E-state index contributed by atoms with van der Waals surface area (Å²) in [6.45, 7) is 0. The van der Waals surface area contributed by atoms with Crippen molar-refractivity contribution in [1.82, 2.24) is 15.6 Å². The summed E-state index contributed by atoms with van der Waals surface area (Å²) in [5, 5.41) is 11.0. The maximum absolute atomic E-state index is 12.2. The van der Waals surface area contributed by atoms with E-state index in [0.717, 1.165) is 10.5 Å². The molecule has 1 aromatic heterocycles. The van der Waals surface area contributed by atoms with Crippen LogP contribution in [0.3, 0.4) is 0 Å². The zero-order valence-corrected chi connectivity index (χ0v) is 13.6. The Kier molecular flexibility index (Phi) is 4.72. The van der Waals surface area contributed by atoms with Crippen molar-refractivity contribution in [3.05, 3.63) is 70.1 Å². The Hall–Kier alpha value is -2.93. The van der Waals surface area contributed by atoms with Crippen LogP contribution in [0, 0.1) is 0 Å². The molecule has 0 saturated carbocycles. The van der Waals surface area contributed by atoms with Crippen LogP contribution in [-0.2, 0) is 0 Å². The van der Waals surface area contributed by atoms with Gasteiger partial charge in [-0.05, 0) is 30.0 Å². The Labute approximate surface area is 142 Å². The minimum Gasteiger partial charge on any atom is -0.267 e. The van der Waals surface area contributed by atoms with Gasteiger partial charge in [-0.15, -0.1) is 11.8 Å². The number of aromatic amines is 1. The minimum absolute atomic E-state index is 0.125. The Morgan fingerprint density at radius 3 is 2.58 bits per heavy atom. The van der Waals surface area contributed by atoms with Crippen molar-refractivity contribution < 1.29 is 4.79 Å². The zero-order chi connectivity index (χ0) is 16.9. The van der Waals surface area contributed by atoms with Crippen LogP contribution < -0.4 is 11.0 Å². The van der Waals surface area contributed by atoms with E-state index in [1.54, 1.807) is 42.2 Å². The van der Waals surface area contributed by atoms with E-state index in [2.05, 4.69) is 20.7 Å². The lowest BCUT2D eigenvalue weighted by molar-refractivity contribution is 0.0951. The number of nitrogens with zero attached hydrogens (tertiary/aromatic N) is 2. The number of benzene rings is 2. The van der Waals surface area contributed by atoms with Gasteiger partial charge in [0.15, 0.2) is 5.69 Å². The van der Waals surface area contributed by atoms with E-state index in [1.807, 2.05) is 30.5 Å². The lowest BCUT2D eigenvalue weighted by Crippen LogP contribution is -2.22. The van der Waals surface area contributed by atoms with Crippen molar-refractivity contribution in [1.29, 1.82) is 0 Å². The lowest BCUT2D eigenvalue weighted by Gasteiger charge is -2.03. The molecule has 2 aromatic carbocycles. The van der Waals surface area contributed by atoms with Gasteiger partial charge in [0.2, 0.25) is 0 Å². The average Bonchev–Trinajstić information content (AvgIpc) is 2.63. The van der Waals surface area contributed by atoms with Crippen molar-refractivity contribution >= 4 is 34.7 Å². The molecule has 0 aliphatic carbocycles. The second kappa shape index (κ2) is 7.10. The quantitative estimate of drug-likeness (QED) is 0.434. The third kappa shape index (κ3) is 3.36. The van der Waals surface area contributed by atoms with Crippen LogP contribution in [-0.4, -0.2) is 28.6 Å². The van der Waals surface area contributed by atoms with Gasteiger partial charge in [0.05, 0.1) is 11.6 Å². The highest BCUT2D eigenvalue weighted by Crippen LogP contribution is 2.14. The van der Waals surface area contributed by atoms with Crippen molar-refractivity contribution in [2.45, 2.75) is 4.90 Å². The highest BCUT2D eigenvalue weighted by Gasteiger charge is 2.12. The molecule has 1 heterocycles. The number of fused-ring (bicyclic) bond motifs is 1. The smallest absolute Gasteiger partial charge is 0.267 e. The molecular weight excluding hydrogens is 324 g/mol. The molecule has 0 atom stereocenters. The number of H-pyrrole nitrogens is 1. The molecule has 3 aromatic rings. The SMILES string of the molecule is CSc1ccc(/C=N/NC(=O)c2n[nH]c(=O)c3ccccc23)cc1. The number of aromatic nitrogens is 2. The summed E-state index contributed by atoms with van der Waals surface area (Å²) in [7, 11) is 0. The first kappa shape index (κ1) is 15.9. The van der Waals surface area contributed by atoms with Gasteiger partial charge in [-0.25, -0.2) is 10.5 Å². The molecule has 120 valence electrons. The largest absolute Gasteiger partial charge is 0.292 e. The third-order valence-electron chi connectivity index (χ3n) is 3.41. The molecule has 6 nitrogen and oxygen atoms in total. The van der Waals surface area contributed by atoms with Gasteiger partial charge >= 0.3 is 0 Å². The highest BCUT2D eigenvalue weighted by molar-refractivity contribution is 7.98. The summed E-state index contributed by atoms with van der Waals surface area (Å²) in [4.78, 5) is 25.1. The fraction of sp³-hybridized carbons (Fsp3) is 0.0588. The second-order valence-corrected chi connectivity index (χ2v) is 5.80. The van der Waals surface area contributed by atoms with Crippen molar-refractivity contribution in [3.8, 4) is 0 Å². The number of rotatable bonds is 4. The molecule has 0 fully saturated rings. The molecule has 24 heavy (non-hydrogen) atoms. The molecule has 2 N–H and O–H groups in total. The maximum Gasteiger partial charge on any atom is 0.292 e. The number of carbonyl (C=O) groups is 1. The normalized spacial score (nSPS) is 11.0. The first-order valence-corrected chi connectivity index (χ1v) is 8.36. The number of carbonyl (C=O) groups excluding carboxylic acids is 1. The number of hydrogen-bond acceptors (Lipinski definition) is 5. The van der Waals surface area contributed by atoms with Gasteiger partial charge in [0, 0.05) is 10.3 Å². The first-order chi connectivity index (χ1) is 11.7. The summed E-state index contributed by atoms with van der Waals surface area (Å²) in [6.07, 6.45) is 3.56. The summed E-state index contributed by atoms with van der Waals surface area (Å²) in [6, 6.07) is 14.6. The van der Waals surface area contributed by atoms with Gasteiger partial charge in [0.25, 0.3) is 11.5 Å². The summed E-state index contributed by atoms with van der Waals surface area (Å²) in [5.74, 6) is -0.487. The number of amides is 1. The number of hydrogen-bond donors (Lipinski definition) is 2. The molecule has 7 heteroatoms. The molecule has 0 aliphatic heterocycles. The van der Waals surface area contributed by atoms with E-state index in [4.69, 9.17) is 0 Å². The topological polar surface area (TPSA) is 87.2 Å². The number of thioether (sulfide) groups is 1. The zero-order valence-electron chi connectivity index (χ0n) is 12.8. The average molecular weight is 338 g/mol. The molecule has 0 bridgehead atoms. The summed E-state index contributed by atoms with van der Waals surface area (Å²) < 4.78 is 0. The predicted octanol–water partition coefficient (Wildman–Crippen LogP) is 2.41. The highest BCUT2D eigenvalue weighted by atomic mass is 32.2. The van der Waals surface area contributed by atoms with E-state index in [1.165, 1.54) is 0 Å². The van der Waals surface area contributed by atoms with Crippen LogP contribution in [0.15, 0.2) is 63.3 Å². The Balaban J connectivity index is 1.79. The van der Waals surface area contributed by atoms with E-state index in [-0.39, 0.29) is 11.3 Å². The minimum atomic E-state index is -0.487. The monoisotopic (exact) mass is 338 g/mol. The molecule has 0 unspecified atom stereocenters. The Morgan fingerprint density at radius 1 is 1.17 bits per heavy atom. The van der Waals surface area contributed by atoms with Crippen LogP contribution in [0.1, 0.15) is 16.1 Å². The fourth-order valence-corrected chi connectivity index (χ4v) is 2.60. The van der Waals surface area contributed by atoms with Crippen LogP contribution in [0.5, 0.6) is 0 Å². The van der Waals surface area contributed by atoms with E-state index >= 15 is 0 Å². The second-order valence-electron chi connectivity index (χ2n) is 4.92. The van der Waals surface area contributed by atoms with Gasteiger partial charge < -0.3 is 0 Å².